The molecule has 0 unspecified atom stereocenters. The average Bonchev–Trinajstić information content (AvgIpc) is 2.61. The van der Waals surface area contributed by atoms with Crippen LogP contribution in [0.2, 0.25) is 0 Å². The molecule has 7 nitrogen and oxygen atoms in total. The van der Waals surface area contributed by atoms with Gasteiger partial charge in [0.1, 0.15) is 5.82 Å². The molecule has 0 bridgehead atoms. The number of piperidine rings is 1. The summed E-state index contributed by atoms with van der Waals surface area (Å²) in [6.45, 7) is 5.75. The van der Waals surface area contributed by atoms with E-state index in [0.29, 0.717) is 18.8 Å². The van der Waals surface area contributed by atoms with Crippen LogP contribution in [0.5, 0.6) is 0 Å². The van der Waals surface area contributed by atoms with Crippen molar-refractivity contribution < 1.29 is 14.0 Å². The zero-order valence-corrected chi connectivity index (χ0v) is 16.2. The quantitative estimate of drug-likeness (QED) is 0.828. The van der Waals surface area contributed by atoms with Gasteiger partial charge in [0.25, 0.3) is 0 Å². The average molecular weight is 377 g/mol. The Hall–Kier alpha value is -2.19. The number of carbonyl (C=O) groups excluding carboxylic acids is 2. The summed E-state index contributed by atoms with van der Waals surface area (Å²) in [4.78, 5) is 30.3. The van der Waals surface area contributed by atoms with Crippen molar-refractivity contribution in [1.29, 1.82) is 0 Å². The Labute approximate surface area is 159 Å². The second kappa shape index (κ2) is 7.82. The smallest absolute Gasteiger partial charge is 0.321 e. The number of benzene rings is 1. The number of hydrogen-bond donors (Lipinski definition) is 2. The van der Waals surface area contributed by atoms with Gasteiger partial charge in [0.2, 0.25) is 5.91 Å². The summed E-state index contributed by atoms with van der Waals surface area (Å²) in [7, 11) is 4.30. The lowest BCUT2D eigenvalue weighted by Gasteiger charge is -2.52. The second-order valence-corrected chi connectivity index (χ2v) is 7.68. The summed E-state index contributed by atoms with van der Waals surface area (Å²) >= 11 is 0. The maximum atomic E-state index is 14.1. The van der Waals surface area contributed by atoms with Crippen LogP contribution in [0, 0.1) is 5.82 Å². The first-order chi connectivity index (χ1) is 12.8. The molecular weight excluding hydrogens is 349 g/mol. The molecule has 1 spiro atoms. The largest absolute Gasteiger partial charge is 0.326 e. The molecule has 148 valence electrons. The number of piperazine rings is 1. The van der Waals surface area contributed by atoms with E-state index in [1.54, 1.807) is 4.90 Å². The molecule has 3 amide bonds. The number of nitrogens with one attached hydrogen (secondary N) is 2. The van der Waals surface area contributed by atoms with Crippen molar-refractivity contribution in [3.05, 3.63) is 24.0 Å². The van der Waals surface area contributed by atoms with Gasteiger partial charge in [-0.3, -0.25) is 9.69 Å². The Morgan fingerprint density at radius 3 is 2.44 bits per heavy atom. The number of rotatable bonds is 2. The second-order valence-electron chi connectivity index (χ2n) is 7.68. The van der Waals surface area contributed by atoms with Crippen LogP contribution in [0.1, 0.15) is 19.8 Å². The lowest BCUT2D eigenvalue weighted by molar-refractivity contribution is -0.114. The molecule has 27 heavy (non-hydrogen) atoms. The Kier molecular flexibility index (Phi) is 5.67. The van der Waals surface area contributed by atoms with Crippen molar-refractivity contribution in [3.8, 4) is 0 Å². The highest BCUT2D eigenvalue weighted by molar-refractivity contribution is 5.92. The van der Waals surface area contributed by atoms with Crippen LogP contribution in [0.4, 0.5) is 20.6 Å². The van der Waals surface area contributed by atoms with Gasteiger partial charge >= 0.3 is 6.03 Å². The Bertz CT molecular complexity index is 718. The van der Waals surface area contributed by atoms with Crippen LogP contribution in [-0.4, -0.2) is 79.0 Å². The Morgan fingerprint density at radius 1 is 1.07 bits per heavy atom. The molecule has 2 N–H and O–H groups in total. The summed E-state index contributed by atoms with van der Waals surface area (Å²) in [5, 5.41) is 5.23. The summed E-state index contributed by atoms with van der Waals surface area (Å²) in [5.41, 5.74) is 0.630. The standard InChI is InChI=1S/C19H28FN5O2/c1-14(26)21-15-4-5-16(20)17(12-15)22-18(27)25-8-6-19(7-9-25)13-23(2)10-11-24(19)3/h4-5,12H,6-11,13H2,1-3H3,(H,21,26)(H,22,27). The minimum absolute atomic E-state index is 0.0704. The summed E-state index contributed by atoms with van der Waals surface area (Å²) in [5.74, 6) is -0.777. The van der Waals surface area contributed by atoms with E-state index in [1.807, 2.05) is 0 Å². The van der Waals surface area contributed by atoms with E-state index in [4.69, 9.17) is 0 Å². The molecule has 2 heterocycles. The van der Waals surface area contributed by atoms with Gasteiger partial charge in [-0.05, 0) is 45.1 Å². The number of halogens is 1. The van der Waals surface area contributed by atoms with E-state index in [1.165, 1.54) is 25.1 Å². The normalized spacial score (nSPS) is 20.5. The summed E-state index contributed by atoms with van der Waals surface area (Å²) in [6.07, 6.45) is 1.80. The van der Waals surface area contributed by atoms with Gasteiger partial charge in [-0.2, -0.15) is 0 Å². The maximum Gasteiger partial charge on any atom is 0.321 e. The van der Waals surface area contributed by atoms with E-state index >= 15 is 0 Å². The van der Waals surface area contributed by atoms with Crippen molar-refractivity contribution in [1.82, 2.24) is 14.7 Å². The third-order valence-corrected chi connectivity index (χ3v) is 5.70. The summed E-state index contributed by atoms with van der Waals surface area (Å²) < 4.78 is 14.1. The number of likely N-dealkylation sites (tertiary alicyclic amines) is 1. The highest BCUT2D eigenvalue weighted by Gasteiger charge is 2.42. The molecule has 0 aromatic heterocycles. The van der Waals surface area contributed by atoms with Crippen molar-refractivity contribution >= 4 is 23.3 Å². The number of amides is 3. The first-order valence-electron chi connectivity index (χ1n) is 9.32. The highest BCUT2D eigenvalue weighted by Crippen LogP contribution is 2.31. The predicted molar refractivity (Wildman–Crippen MR) is 103 cm³/mol. The van der Waals surface area contributed by atoms with Gasteiger partial charge in [0.15, 0.2) is 0 Å². The summed E-state index contributed by atoms with van der Waals surface area (Å²) in [6, 6.07) is 3.82. The molecule has 2 saturated heterocycles. The number of likely N-dealkylation sites (N-methyl/N-ethyl adjacent to an activating group) is 2. The van der Waals surface area contributed by atoms with Gasteiger partial charge in [-0.1, -0.05) is 0 Å². The zero-order chi connectivity index (χ0) is 19.6. The molecule has 0 saturated carbocycles. The third-order valence-electron chi connectivity index (χ3n) is 5.70. The van der Waals surface area contributed by atoms with Gasteiger partial charge in [0.05, 0.1) is 5.69 Å². The van der Waals surface area contributed by atoms with Gasteiger partial charge in [-0.25, -0.2) is 9.18 Å². The fraction of sp³-hybridized carbons (Fsp3) is 0.579. The first kappa shape index (κ1) is 19.6. The van der Waals surface area contributed by atoms with Crippen LogP contribution >= 0.6 is 0 Å². The number of urea groups is 1. The SMILES string of the molecule is CC(=O)Nc1ccc(F)c(NC(=O)N2CCC3(CC2)CN(C)CCN3C)c1. The van der Waals surface area contributed by atoms with Crippen LogP contribution in [0.25, 0.3) is 0 Å². The molecule has 1 aromatic carbocycles. The van der Waals surface area contributed by atoms with E-state index in [0.717, 1.165) is 32.5 Å². The molecule has 2 aliphatic heterocycles. The maximum absolute atomic E-state index is 14.1. The third kappa shape index (κ3) is 4.39. The Morgan fingerprint density at radius 2 is 1.78 bits per heavy atom. The van der Waals surface area contributed by atoms with Crippen molar-refractivity contribution in [2.45, 2.75) is 25.3 Å². The van der Waals surface area contributed by atoms with Crippen molar-refractivity contribution in [2.24, 2.45) is 0 Å². The molecule has 2 aliphatic rings. The molecule has 0 radical (unpaired) electrons. The van der Waals surface area contributed by atoms with Crippen LogP contribution in [0.3, 0.4) is 0 Å². The van der Waals surface area contributed by atoms with E-state index in [2.05, 4.69) is 34.5 Å². The van der Waals surface area contributed by atoms with Crippen LogP contribution < -0.4 is 10.6 Å². The Balaban J connectivity index is 1.62. The highest BCUT2D eigenvalue weighted by atomic mass is 19.1. The molecule has 2 fully saturated rings. The predicted octanol–water partition coefficient (Wildman–Crippen LogP) is 2.03. The number of carbonyl (C=O) groups is 2. The fourth-order valence-electron chi connectivity index (χ4n) is 4.02. The fourth-order valence-corrected chi connectivity index (χ4v) is 4.02. The molecule has 1 aromatic rings. The van der Waals surface area contributed by atoms with E-state index in [9.17, 15) is 14.0 Å². The molecule has 8 heteroatoms. The minimum atomic E-state index is -0.528. The number of hydrogen-bond acceptors (Lipinski definition) is 4. The van der Waals surface area contributed by atoms with Crippen molar-refractivity contribution in [2.75, 3.05) is 57.5 Å². The van der Waals surface area contributed by atoms with Crippen molar-refractivity contribution in [3.63, 3.8) is 0 Å². The molecular formula is C19H28FN5O2. The van der Waals surface area contributed by atoms with Gasteiger partial charge in [-0.15, -0.1) is 0 Å². The van der Waals surface area contributed by atoms with Crippen LogP contribution in [-0.2, 0) is 4.79 Å². The first-order valence-corrected chi connectivity index (χ1v) is 9.32. The lowest BCUT2D eigenvalue weighted by Crippen LogP contribution is -2.64. The topological polar surface area (TPSA) is 67.9 Å². The molecule has 0 atom stereocenters. The van der Waals surface area contributed by atoms with Crippen LogP contribution in [0.15, 0.2) is 18.2 Å². The monoisotopic (exact) mass is 377 g/mol. The van der Waals surface area contributed by atoms with Gasteiger partial charge in [0, 0.05) is 50.9 Å². The zero-order valence-electron chi connectivity index (χ0n) is 16.2. The molecule has 0 aliphatic carbocycles. The lowest BCUT2D eigenvalue weighted by atomic mass is 9.84. The van der Waals surface area contributed by atoms with E-state index in [-0.39, 0.29) is 23.2 Å². The molecule has 3 rings (SSSR count). The number of anilines is 2. The van der Waals surface area contributed by atoms with Gasteiger partial charge < -0.3 is 20.4 Å². The van der Waals surface area contributed by atoms with E-state index < -0.39 is 5.82 Å². The number of nitrogens with zero attached hydrogens (tertiary/aromatic N) is 3. The minimum Gasteiger partial charge on any atom is -0.326 e.